The third-order valence-corrected chi connectivity index (χ3v) is 7.79. The Balaban J connectivity index is 1.56. The van der Waals surface area contributed by atoms with Gasteiger partial charge < -0.3 is 18.9 Å². The number of terminal acetylenes is 2. The third kappa shape index (κ3) is 7.70. The zero-order chi connectivity index (χ0) is 28.0. The largest absolute Gasteiger partial charge is 0.491 e. The van der Waals surface area contributed by atoms with Gasteiger partial charge >= 0.3 is 0 Å². The van der Waals surface area contributed by atoms with Crippen LogP contribution in [0.4, 0.5) is 0 Å². The first-order valence-corrected chi connectivity index (χ1v) is 14.2. The molecule has 3 aromatic carbocycles. The average Bonchev–Trinajstić information content (AvgIpc) is 3.01. The van der Waals surface area contributed by atoms with Gasteiger partial charge in [0.1, 0.15) is 37.9 Å². The molecule has 0 unspecified atom stereocenters. The summed E-state index contributed by atoms with van der Waals surface area (Å²) in [6.45, 7) is 4.71. The number of ether oxygens (including phenoxy) is 4. The highest BCUT2D eigenvalue weighted by Gasteiger charge is 2.31. The Bertz CT molecular complexity index is 1170. The van der Waals surface area contributed by atoms with E-state index in [1.807, 2.05) is 24.3 Å². The predicted octanol–water partition coefficient (Wildman–Crippen LogP) is 7.15. The molecule has 1 saturated carbocycles. The molecule has 0 radical (unpaired) electrons. The molecule has 0 aliphatic heterocycles. The summed E-state index contributed by atoms with van der Waals surface area (Å²) in [6.07, 6.45) is 17.1. The van der Waals surface area contributed by atoms with Crippen LogP contribution in [0.2, 0.25) is 0 Å². The Kier molecular flexibility index (Phi) is 11.1. The van der Waals surface area contributed by atoms with Gasteiger partial charge in [-0.3, -0.25) is 0 Å². The summed E-state index contributed by atoms with van der Waals surface area (Å²) in [7, 11) is 0. The van der Waals surface area contributed by atoms with Gasteiger partial charge in [0.25, 0.3) is 0 Å². The van der Waals surface area contributed by atoms with E-state index in [0.29, 0.717) is 45.6 Å². The summed E-state index contributed by atoms with van der Waals surface area (Å²) in [5, 5.41) is 0. The van der Waals surface area contributed by atoms with Crippen LogP contribution in [0, 0.1) is 24.7 Å². The molecule has 1 aliphatic rings. The smallest absolute Gasteiger partial charge is 0.119 e. The van der Waals surface area contributed by atoms with Crippen LogP contribution in [0.25, 0.3) is 0 Å². The monoisotopic (exact) mass is 536 g/mol. The van der Waals surface area contributed by atoms with Gasteiger partial charge in [0, 0.05) is 5.41 Å². The third-order valence-electron chi connectivity index (χ3n) is 7.79. The highest BCUT2D eigenvalue weighted by Crippen LogP contribution is 2.41. The molecular weight excluding hydrogens is 496 g/mol. The van der Waals surface area contributed by atoms with Crippen molar-refractivity contribution in [1.29, 1.82) is 0 Å². The maximum atomic E-state index is 5.86. The predicted molar refractivity (Wildman–Crippen MR) is 161 cm³/mol. The average molecular weight is 537 g/mol. The van der Waals surface area contributed by atoms with Gasteiger partial charge in [0.15, 0.2) is 0 Å². The zero-order valence-electron chi connectivity index (χ0n) is 23.6. The van der Waals surface area contributed by atoms with E-state index in [1.165, 1.54) is 54.4 Å². The van der Waals surface area contributed by atoms with Crippen molar-refractivity contribution in [2.45, 2.75) is 50.4 Å². The van der Waals surface area contributed by atoms with E-state index in [1.54, 1.807) is 0 Å². The standard InChI is InChI=1S/C36H40O4/c1-4-23-37-25-27-39-34-19-15-32(16-20-34)36(3,31-13-11-30(12-14-31)29-9-7-6-8-10-29)33-17-21-35(22-18-33)40-28-26-38-24-5-2/h1-2,11-22,29H,6-10,23-28H2,3H3. The van der Waals surface area contributed by atoms with Crippen molar-refractivity contribution in [2.24, 2.45) is 0 Å². The minimum Gasteiger partial charge on any atom is -0.491 e. The topological polar surface area (TPSA) is 36.9 Å². The summed E-state index contributed by atoms with van der Waals surface area (Å²) in [6, 6.07) is 26.0. The van der Waals surface area contributed by atoms with E-state index in [0.717, 1.165) is 11.5 Å². The maximum Gasteiger partial charge on any atom is 0.119 e. The lowest BCUT2D eigenvalue weighted by molar-refractivity contribution is 0.124. The van der Waals surface area contributed by atoms with E-state index in [9.17, 15) is 0 Å². The number of hydrogen-bond acceptors (Lipinski definition) is 4. The lowest BCUT2D eigenvalue weighted by atomic mass is 9.70. The van der Waals surface area contributed by atoms with Crippen LogP contribution < -0.4 is 9.47 Å². The van der Waals surface area contributed by atoms with Crippen molar-refractivity contribution in [3.8, 4) is 36.2 Å². The number of benzene rings is 3. The van der Waals surface area contributed by atoms with Gasteiger partial charge in [-0.25, -0.2) is 0 Å². The molecule has 40 heavy (non-hydrogen) atoms. The molecule has 4 rings (SSSR count). The van der Waals surface area contributed by atoms with Crippen LogP contribution in [0.3, 0.4) is 0 Å². The van der Waals surface area contributed by atoms with Gasteiger partial charge in [-0.15, -0.1) is 12.8 Å². The second-order valence-corrected chi connectivity index (χ2v) is 10.3. The molecule has 0 atom stereocenters. The molecule has 0 spiro atoms. The van der Waals surface area contributed by atoms with Crippen molar-refractivity contribution in [2.75, 3.05) is 39.6 Å². The van der Waals surface area contributed by atoms with Gasteiger partial charge in [0.2, 0.25) is 0 Å². The lowest BCUT2D eigenvalue weighted by Gasteiger charge is -2.33. The van der Waals surface area contributed by atoms with Gasteiger partial charge in [-0.2, -0.15) is 0 Å². The molecule has 0 amide bonds. The van der Waals surface area contributed by atoms with Gasteiger partial charge in [-0.1, -0.05) is 79.6 Å². The molecule has 1 aliphatic carbocycles. The summed E-state index contributed by atoms with van der Waals surface area (Å²) >= 11 is 0. The second-order valence-electron chi connectivity index (χ2n) is 10.3. The molecular formula is C36H40O4. The Labute approximate surface area is 240 Å². The van der Waals surface area contributed by atoms with Crippen LogP contribution in [-0.2, 0) is 14.9 Å². The van der Waals surface area contributed by atoms with E-state index < -0.39 is 0 Å². The molecule has 208 valence electrons. The Morgan fingerprint density at radius 3 is 1.48 bits per heavy atom. The minimum atomic E-state index is -0.367. The normalized spacial score (nSPS) is 13.8. The van der Waals surface area contributed by atoms with Gasteiger partial charge in [-0.05, 0) is 72.2 Å². The zero-order valence-corrected chi connectivity index (χ0v) is 23.6. The first-order chi connectivity index (χ1) is 19.6. The Morgan fingerprint density at radius 2 is 1.05 bits per heavy atom. The van der Waals surface area contributed by atoms with Crippen molar-refractivity contribution in [1.82, 2.24) is 0 Å². The van der Waals surface area contributed by atoms with Crippen molar-refractivity contribution >= 4 is 0 Å². The van der Waals surface area contributed by atoms with E-state index >= 15 is 0 Å². The highest BCUT2D eigenvalue weighted by molar-refractivity contribution is 5.52. The first kappa shape index (κ1) is 29.3. The molecule has 0 bridgehead atoms. The van der Waals surface area contributed by atoms with Crippen molar-refractivity contribution < 1.29 is 18.9 Å². The molecule has 4 heteroatoms. The fourth-order valence-corrected chi connectivity index (χ4v) is 5.49. The maximum absolute atomic E-state index is 5.86. The number of hydrogen-bond donors (Lipinski definition) is 0. The molecule has 3 aromatic rings. The van der Waals surface area contributed by atoms with Gasteiger partial charge in [0.05, 0.1) is 13.2 Å². The number of rotatable bonds is 14. The SMILES string of the molecule is C#CCOCCOc1ccc(C(C)(c2ccc(OCCOCC#C)cc2)c2ccc(C3CCCCC3)cc2)cc1. The molecule has 0 N–H and O–H groups in total. The van der Waals surface area contributed by atoms with Crippen molar-refractivity contribution in [3.05, 3.63) is 95.1 Å². The summed E-state index contributed by atoms with van der Waals surface area (Å²) in [4.78, 5) is 0. The molecule has 0 heterocycles. The first-order valence-electron chi connectivity index (χ1n) is 14.2. The lowest BCUT2D eigenvalue weighted by Crippen LogP contribution is -2.25. The highest BCUT2D eigenvalue weighted by atomic mass is 16.5. The molecule has 4 nitrogen and oxygen atoms in total. The van der Waals surface area contributed by atoms with E-state index in [2.05, 4.69) is 67.3 Å². The van der Waals surface area contributed by atoms with Crippen LogP contribution in [0.1, 0.15) is 67.2 Å². The molecule has 1 fully saturated rings. The fraction of sp³-hybridized carbons (Fsp3) is 0.389. The summed E-state index contributed by atoms with van der Waals surface area (Å²) in [5.74, 6) is 7.22. The Hall–Kier alpha value is -3.70. The van der Waals surface area contributed by atoms with Crippen LogP contribution in [0.5, 0.6) is 11.5 Å². The Morgan fingerprint density at radius 1 is 0.625 bits per heavy atom. The van der Waals surface area contributed by atoms with Crippen LogP contribution in [-0.4, -0.2) is 39.6 Å². The quantitative estimate of drug-likeness (QED) is 0.125. The molecule has 0 aromatic heterocycles. The fourth-order valence-electron chi connectivity index (χ4n) is 5.49. The molecule has 0 saturated heterocycles. The van der Waals surface area contributed by atoms with Crippen LogP contribution >= 0.6 is 0 Å². The van der Waals surface area contributed by atoms with Crippen molar-refractivity contribution in [3.63, 3.8) is 0 Å². The minimum absolute atomic E-state index is 0.295. The van der Waals surface area contributed by atoms with Crippen LogP contribution in [0.15, 0.2) is 72.8 Å². The van der Waals surface area contributed by atoms with E-state index in [-0.39, 0.29) is 5.41 Å². The summed E-state index contributed by atoms with van der Waals surface area (Å²) < 4.78 is 22.4. The summed E-state index contributed by atoms with van der Waals surface area (Å²) in [5.41, 5.74) is 4.71. The second kappa shape index (κ2) is 15.2. The van der Waals surface area contributed by atoms with E-state index in [4.69, 9.17) is 31.8 Å².